The molecule has 0 aromatic heterocycles. The zero-order valence-electron chi connectivity index (χ0n) is 14.6. The predicted octanol–water partition coefficient (Wildman–Crippen LogP) is 2.60. The molecule has 4 nitrogen and oxygen atoms in total. The molecule has 1 aromatic carbocycles. The highest BCUT2D eigenvalue weighted by molar-refractivity contribution is 5.94. The molecule has 0 bridgehead atoms. The van der Waals surface area contributed by atoms with Crippen molar-refractivity contribution in [1.82, 2.24) is 10.2 Å². The minimum absolute atomic E-state index is 0.00179. The van der Waals surface area contributed by atoms with Gasteiger partial charge in [-0.05, 0) is 70.3 Å². The van der Waals surface area contributed by atoms with Crippen LogP contribution in [-0.2, 0) is 6.42 Å². The van der Waals surface area contributed by atoms with E-state index in [0.717, 1.165) is 31.6 Å². The molecule has 0 aliphatic carbocycles. The second kappa shape index (κ2) is 7.93. The van der Waals surface area contributed by atoms with Crippen molar-refractivity contribution in [2.75, 3.05) is 19.6 Å². The summed E-state index contributed by atoms with van der Waals surface area (Å²) in [6.45, 7) is 8.71. The van der Waals surface area contributed by atoms with Crippen LogP contribution in [0.25, 0.3) is 0 Å². The van der Waals surface area contributed by atoms with Crippen LogP contribution in [0, 0.1) is 0 Å². The standard InChI is InChI=1S/C19H30N2O2/c1-4-21-12-6-9-17(21)14-20-18(22)16-8-5-7-15(13-16)10-11-19(2,3)23/h5,7-8,13,17,23H,4,6,9-12,14H2,1-3H3,(H,20,22)/t17-/m1/s1. The van der Waals surface area contributed by atoms with Crippen LogP contribution >= 0.6 is 0 Å². The van der Waals surface area contributed by atoms with Gasteiger partial charge in [0.1, 0.15) is 0 Å². The van der Waals surface area contributed by atoms with Crippen molar-refractivity contribution in [2.24, 2.45) is 0 Å². The number of rotatable bonds is 7. The lowest BCUT2D eigenvalue weighted by atomic mass is 9.98. The zero-order valence-corrected chi connectivity index (χ0v) is 14.6. The number of benzene rings is 1. The van der Waals surface area contributed by atoms with Crippen LogP contribution < -0.4 is 5.32 Å². The first-order chi connectivity index (χ1) is 10.9. The molecular weight excluding hydrogens is 288 g/mol. The maximum Gasteiger partial charge on any atom is 0.251 e. The molecule has 1 saturated heterocycles. The summed E-state index contributed by atoms with van der Waals surface area (Å²) in [6.07, 6.45) is 3.85. The van der Waals surface area contributed by atoms with Gasteiger partial charge < -0.3 is 10.4 Å². The third-order valence-electron chi connectivity index (χ3n) is 4.62. The van der Waals surface area contributed by atoms with Gasteiger partial charge in [-0.1, -0.05) is 19.1 Å². The first-order valence-corrected chi connectivity index (χ1v) is 8.72. The van der Waals surface area contributed by atoms with Crippen LogP contribution in [0.5, 0.6) is 0 Å². The fourth-order valence-electron chi connectivity index (χ4n) is 3.17. The van der Waals surface area contributed by atoms with Crippen molar-refractivity contribution in [3.8, 4) is 0 Å². The molecule has 2 rings (SSSR count). The van der Waals surface area contributed by atoms with Gasteiger partial charge in [-0.3, -0.25) is 9.69 Å². The van der Waals surface area contributed by atoms with Crippen LogP contribution in [-0.4, -0.2) is 47.2 Å². The van der Waals surface area contributed by atoms with E-state index in [9.17, 15) is 9.90 Å². The number of carbonyl (C=O) groups is 1. The molecule has 2 N–H and O–H groups in total. The van der Waals surface area contributed by atoms with E-state index in [2.05, 4.69) is 17.1 Å². The molecule has 1 aliphatic heterocycles. The highest BCUT2D eigenvalue weighted by atomic mass is 16.3. The zero-order chi connectivity index (χ0) is 16.9. The first-order valence-electron chi connectivity index (χ1n) is 8.72. The maximum atomic E-state index is 12.4. The largest absolute Gasteiger partial charge is 0.390 e. The van der Waals surface area contributed by atoms with Crippen LogP contribution in [0.2, 0.25) is 0 Å². The number of aliphatic hydroxyl groups is 1. The molecule has 1 amide bonds. The summed E-state index contributed by atoms with van der Waals surface area (Å²) in [6, 6.07) is 8.20. The molecule has 1 aliphatic rings. The molecule has 1 aromatic rings. The number of likely N-dealkylation sites (N-methyl/N-ethyl adjacent to an activating group) is 1. The van der Waals surface area contributed by atoms with Crippen molar-refractivity contribution in [2.45, 2.75) is 58.1 Å². The number of hydrogen-bond acceptors (Lipinski definition) is 3. The van der Waals surface area contributed by atoms with Gasteiger partial charge in [0.05, 0.1) is 5.60 Å². The van der Waals surface area contributed by atoms with Crippen molar-refractivity contribution >= 4 is 5.91 Å². The van der Waals surface area contributed by atoms with E-state index in [1.54, 1.807) is 0 Å². The number of likely N-dealkylation sites (tertiary alicyclic amines) is 1. The van der Waals surface area contributed by atoms with Gasteiger partial charge >= 0.3 is 0 Å². The Morgan fingerprint density at radius 3 is 2.91 bits per heavy atom. The van der Waals surface area contributed by atoms with E-state index in [1.807, 2.05) is 38.1 Å². The van der Waals surface area contributed by atoms with Crippen molar-refractivity contribution in [3.63, 3.8) is 0 Å². The Morgan fingerprint density at radius 2 is 2.22 bits per heavy atom. The molecule has 0 radical (unpaired) electrons. The Morgan fingerprint density at radius 1 is 1.43 bits per heavy atom. The average molecular weight is 318 g/mol. The number of carbonyl (C=O) groups excluding carboxylic acids is 1. The van der Waals surface area contributed by atoms with E-state index < -0.39 is 5.60 Å². The Labute approximate surface area is 139 Å². The van der Waals surface area contributed by atoms with Crippen LogP contribution in [0.4, 0.5) is 0 Å². The fourth-order valence-corrected chi connectivity index (χ4v) is 3.17. The number of amides is 1. The molecule has 0 unspecified atom stereocenters. The summed E-state index contributed by atoms with van der Waals surface area (Å²) in [5.41, 5.74) is 1.12. The van der Waals surface area contributed by atoms with Gasteiger partial charge in [-0.15, -0.1) is 0 Å². The summed E-state index contributed by atoms with van der Waals surface area (Å²) in [5, 5.41) is 12.9. The Balaban J connectivity index is 1.89. The minimum atomic E-state index is -0.676. The van der Waals surface area contributed by atoms with Crippen LogP contribution in [0.3, 0.4) is 0 Å². The maximum absolute atomic E-state index is 12.4. The van der Waals surface area contributed by atoms with Gasteiger partial charge in [0.25, 0.3) is 5.91 Å². The minimum Gasteiger partial charge on any atom is -0.390 e. The Bertz CT molecular complexity index is 522. The summed E-state index contributed by atoms with van der Waals surface area (Å²) in [5.74, 6) is -0.00179. The number of aryl methyl sites for hydroxylation is 1. The van der Waals surface area contributed by atoms with Crippen LogP contribution in [0.1, 0.15) is 56.0 Å². The summed E-state index contributed by atoms with van der Waals surface area (Å²) >= 11 is 0. The lowest BCUT2D eigenvalue weighted by molar-refractivity contribution is 0.0714. The summed E-state index contributed by atoms with van der Waals surface area (Å²) in [7, 11) is 0. The van der Waals surface area contributed by atoms with Crippen LogP contribution in [0.15, 0.2) is 24.3 Å². The van der Waals surface area contributed by atoms with Crippen molar-refractivity contribution in [1.29, 1.82) is 0 Å². The van der Waals surface area contributed by atoms with E-state index in [1.165, 1.54) is 12.8 Å². The highest BCUT2D eigenvalue weighted by Crippen LogP contribution is 2.16. The Kier molecular flexibility index (Phi) is 6.19. The van der Waals surface area contributed by atoms with Gasteiger partial charge in [0.15, 0.2) is 0 Å². The lowest BCUT2D eigenvalue weighted by Gasteiger charge is -2.23. The van der Waals surface area contributed by atoms with Gasteiger partial charge in [0, 0.05) is 18.2 Å². The molecule has 1 fully saturated rings. The predicted molar refractivity (Wildman–Crippen MR) is 93.7 cm³/mol. The normalized spacial score (nSPS) is 19.0. The fraction of sp³-hybridized carbons (Fsp3) is 0.632. The molecule has 1 atom stereocenters. The SMILES string of the molecule is CCN1CCC[C@@H]1CNC(=O)c1cccc(CCC(C)(C)O)c1. The van der Waals surface area contributed by atoms with E-state index in [0.29, 0.717) is 18.0 Å². The Hall–Kier alpha value is -1.39. The van der Waals surface area contributed by atoms with E-state index in [4.69, 9.17) is 0 Å². The highest BCUT2D eigenvalue weighted by Gasteiger charge is 2.23. The quantitative estimate of drug-likeness (QED) is 0.812. The molecule has 1 heterocycles. The third-order valence-corrected chi connectivity index (χ3v) is 4.62. The lowest BCUT2D eigenvalue weighted by Crippen LogP contribution is -2.40. The summed E-state index contributed by atoms with van der Waals surface area (Å²) < 4.78 is 0. The average Bonchev–Trinajstić information content (AvgIpc) is 2.97. The van der Waals surface area contributed by atoms with E-state index >= 15 is 0 Å². The summed E-state index contributed by atoms with van der Waals surface area (Å²) in [4.78, 5) is 14.8. The topological polar surface area (TPSA) is 52.6 Å². The molecule has 4 heteroatoms. The second-order valence-electron chi connectivity index (χ2n) is 7.15. The molecular formula is C19H30N2O2. The number of nitrogens with one attached hydrogen (secondary N) is 1. The van der Waals surface area contributed by atoms with Crippen molar-refractivity contribution in [3.05, 3.63) is 35.4 Å². The molecule has 0 spiro atoms. The van der Waals surface area contributed by atoms with Gasteiger partial charge in [-0.25, -0.2) is 0 Å². The number of nitrogens with zero attached hydrogens (tertiary/aromatic N) is 1. The monoisotopic (exact) mass is 318 g/mol. The molecule has 128 valence electrons. The van der Waals surface area contributed by atoms with Gasteiger partial charge in [-0.2, -0.15) is 0 Å². The second-order valence-corrected chi connectivity index (χ2v) is 7.15. The van der Waals surface area contributed by atoms with Crippen molar-refractivity contribution < 1.29 is 9.90 Å². The first kappa shape index (κ1) is 18.0. The smallest absolute Gasteiger partial charge is 0.251 e. The van der Waals surface area contributed by atoms with E-state index in [-0.39, 0.29) is 5.91 Å². The molecule has 0 saturated carbocycles. The third kappa shape index (κ3) is 5.63. The molecule has 23 heavy (non-hydrogen) atoms. The number of hydrogen-bond donors (Lipinski definition) is 2. The van der Waals surface area contributed by atoms with Gasteiger partial charge in [0.2, 0.25) is 0 Å².